The third kappa shape index (κ3) is 3.44. The van der Waals surface area contributed by atoms with E-state index in [1.165, 1.54) is 12.1 Å². The first kappa shape index (κ1) is 13.3. The van der Waals surface area contributed by atoms with Gasteiger partial charge in [0.15, 0.2) is 0 Å². The number of hydrogen-bond acceptors (Lipinski definition) is 3. The summed E-state index contributed by atoms with van der Waals surface area (Å²) in [7, 11) is 0. The van der Waals surface area contributed by atoms with Gasteiger partial charge in [-0.25, -0.2) is 4.39 Å². The molecule has 5 heteroatoms. The lowest BCUT2D eigenvalue weighted by molar-refractivity contribution is -0.119. The minimum Gasteiger partial charge on any atom is -0.371 e. The quantitative estimate of drug-likeness (QED) is 0.901. The molecule has 0 spiro atoms. The molecule has 1 fully saturated rings. The smallest absolute Gasteiger partial charge is 0.217 e. The lowest BCUT2D eigenvalue weighted by Gasteiger charge is -2.33. The van der Waals surface area contributed by atoms with Gasteiger partial charge in [0.05, 0.1) is 11.6 Å². The normalized spacial score (nSPS) is 16.1. The molecule has 1 aromatic carbocycles. The standard InChI is InChI=1S/C14H16FN3O/c15-12-5-11(9-16)6-13(8-12)18-3-1-10(2-4-18)7-14(17)19/h5-6,8,10H,1-4,7H2,(H2,17,19). The van der Waals surface area contributed by atoms with Crippen molar-refractivity contribution in [1.29, 1.82) is 5.26 Å². The molecule has 0 atom stereocenters. The van der Waals surface area contributed by atoms with Crippen molar-refractivity contribution in [2.45, 2.75) is 19.3 Å². The molecule has 1 heterocycles. The van der Waals surface area contributed by atoms with Crippen LogP contribution in [0.2, 0.25) is 0 Å². The average Bonchev–Trinajstić information content (AvgIpc) is 2.38. The number of anilines is 1. The number of nitriles is 1. The van der Waals surface area contributed by atoms with Crippen LogP contribution in [-0.2, 0) is 4.79 Å². The van der Waals surface area contributed by atoms with E-state index in [0.29, 0.717) is 17.9 Å². The van der Waals surface area contributed by atoms with Crippen molar-refractivity contribution in [3.05, 3.63) is 29.6 Å². The fourth-order valence-corrected chi connectivity index (χ4v) is 2.50. The zero-order chi connectivity index (χ0) is 13.8. The molecule has 0 saturated carbocycles. The van der Waals surface area contributed by atoms with Crippen LogP contribution in [0.1, 0.15) is 24.8 Å². The summed E-state index contributed by atoms with van der Waals surface area (Å²) in [5.41, 5.74) is 6.25. The third-order valence-electron chi connectivity index (χ3n) is 3.48. The zero-order valence-electron chi connectivity index (χ0n) is 10.6. The molecule has 1 saturated heterocycles. The molecule has 0 bridgehead atoms. The highest BCUT2D eigenvalue weighted by Gasteiger charge is 2.21. The first-order chi connectivity index (χ1) is 9.08. The summed E-state index contributed by atoms with van der Waals surface area (Å²) in [4.78, 5) is 12.9. The van der Waals surface area contributed by atoms with Crippen LogP contribution in [0, 0.1) is 23.1 Å². The van der Waals surface area contributed by atoms with Crippen molar-refractivity contribution >= 4 is 11.6 Å². The van der Waals surface area contributed by atoms with E-state index < -0.39 is 5.82 Å². The first-order valence-corrected chi connectivity index (χ1v) is 6.32. The topological polar surface area (TPSA) is 70.1 Å². The largest absolute Gasteiger partial charge is 0.371 e. The Morgan fingerprint density at radius 3 is 2.68 bits per heavy atom. The van der Waals surface area contributed by atoms with Gasteiger partial charge in [-0.3, -0.25) is 4.79 Å². The number of piperidine rings is 1. The van der Waals surface area contributed by atoms with Gasteiger partial charge in [0.25, 0.3) is 0 Å². The fourth-order valence-electron chi connectivity index (χ4n) is 2.50. The van der Waals surface area contributed by atoms with E-state index in [4.69, 9.17) is 11.0 Å². The van der Waals surface area contributed by atoms with Gasteiger partial charge in [0.1, 0.15) is 5.82 Å². The van der Waals surface area contributed by atoms with E-state index in [1.807, 2.05) is 11.0 Å². The molecule has 1 aromatic rings. The number of hydrogen-bond donors (Lipinski definition) is 1. The Labute approximate surface area is 111 Å². The van der Waals surface area contributed by atoms with Gasteiger partial charge in [-0.1, -0.05) is 0 Å². The number of benzene rings is 1. The molecule has 1 amide bonds. The van der Waals surface area contributed by atoms with Crippen LogP contribution in [0.4, 0.5) is 10.1 Å². The van der Waals surface area contributed by atoms with Crippen LogP contribution in [0.5, 0.6) is 0 Å². The van der Waals surface area contributed by atoms with Crippen LogP contribution in [0.15, 0.2) is 18.2 Å². The predicted molar refractivity (Wildman–Crippen MR) is 69.9 cm³/mol. The van der Waals surface area contributed by atoms with E-state index in [-0.39, 0.29) is 5.91 Å². The first-order valence-electron chi connectivity index (χ1n) is 6.32. The van der Waals surface area contributed by atoms with Gasteiger partial charge in [-0.15, -0.1) is 0 Å². The lowest BCUT2D eigenvalue weighted by Crippen LogP contribution is -2.35. The maximum Gasteiger partial charge on any atom is 0.217 e. The molecule has 0 aliphatic carbocycles. The molecule has 100 valence electrons. The summed E-state index contributed by atoms with van der Waals surface area (Å²) >= 11 is 0. The summed E-state index contributed by atoms with van der Waals surface area (Å²) in [6.07, 6.45) is 2.14. The zero-order valence-corrected chi connectivity index (χ0v) is 10.6. The number of carbonyl (C=O) groups excluding carboxylic acids is 1. The summed E-state index contributed by atoms with van der Waals surface area (Å²) in [5, 5.41) is 8.84. The Balaban J connectivity index is 2.03. The number of primary amides is 1. The van der Waals surface area contributed by atoms with Gasteiger partial charge >= 0.3 is 0 Å². The minimum atomic E-state index is -0.395. The molecule has 1 aliphatic rings. The second-order valence-corrected chi connectivity index (χ2v) is 4.91. The highest BCUT2D eigenvalue weighted by atomic mass is 19.1. The van der Waals surface area contributed by atoms with Gasteiger partial charge in [0.2, 0.25) is 5.91 Å². The van der Waals surface area contributed by atoms with Crippen LogP contribution in [0.3, 0.4) is 0 Å². The Hall–Kier alpha value is -2.09. The molecule has 19 heavy (non-hydrogen) atoms. The molecular weight excluding hydrogens is 245 g/mol. The number of nitrogens with two attached hydrogens (primary N) is 1. The van der Waals surface area contributed by atoms with Crippen molar-refractivity contribution in [2.75, 3.05) is 18.0 Å². The van der Waals surface area contributed by atoms with Gasteiger partial charge in [-0.05, 0) is 37.0 Å². The van der Waals surface area contributed by atoms with Crippen molar-refractivity contribution in [3.63, 3.8) is 0 Å². The van der Waals surface area contributed by atoms with Crippen LogP contribution >= 0.6 is 0 Å². The highest BCUT2D eigenvalue weighted by molar-refractivity contribution is 5.74. The Morgan fingerprint density at radius 2 is 2.11 bits per heavy atom. The monoisotopic (exact) mass is 261 g/mol. The summed E-state index contributed by atoms with van der Waals surface area (Å²) < 4.78 is 13.4. The van der Waals surface area contributed by atoms with Gasteiger partial charge in [0, 0.05) is 25.2 Å². The second kappa shape index (κ2) is 5.70. The van der Waals surface area contributed by atoms with Crippen molar-refractivity contribution < 1.29 is 9.18 Å². The molecule has 2 N–H and O–H groups in total. The number of carbonyl (C=O) groups is 1. The van der Waals surface area contributed by atoms with E-state index in [0.717, 1.165) is 31.6 Å². The molecular formula is C14H16FN3O. The predicted octanol–water partition coefficient (Wildman–Crippen LogP) is 1.79. The number of amides is 1. The molecule has 1 aliphatic heterocycles. The van der Waals surface area contributed by atoms with Gasteiger partial charge in [-0.2, -0.15) is 5.26 Å². The summed E-state index contributed by atoms with van der Waals surface area (Å²) in [6, 6.07) is 6.31. The summed E-state index contributed by atoms with van der Waals surface area (Å²) in [6.45, 7) is 1.51. The van der Waals surface area contributed by atoms with E-state index in [2.05, 4.69) is 0 Å². The Kier molecular flexibility index (Phi) is 4.00. The summed E-state index contributed by atoms with van der Waals surface area (Å²) in [5.74, 6) is -0.345. The molecule has 0 unspecified atom stereocenters. The minimum absolute atomic E-state index is 0.268. The lowest BCUT2D eigenvalue weighted by atomic mass is 9.93. The fraction of sp³-hybridized carbons (Fsp3) is 0.429. The van der Waals surface area contributed by atoms with Crippen LogP contribution in [0.25, 0.3) is 0 Å². The second-order valence-electron chi connectivity index (χ2n) is 4.91. The average molecular weight is 261 g/mol. The third-order valence-corrected chi connectivity index (χ3v) is 3.48. The maximum atomic E-state index is 13.4. The SMILES string of the molecule is N#Cc1cc(F)cc(N2CCC(CC(N)=O)CC2)c1. The number of nitrogens with zero attached hydrogens (tertiary/aromatic N) is 2. The van der Waals surface area contributed by atoms with Gasteiger partial charge < -0.3 is 10.6 Å². The van der Waals surface area contributed by atoms with Crippen molar-refractivity contribution in [1.82, 2.24) is 0 Å². The van der Waals surface area contributed by atoms with E-state index in [1.54, 1.807) is 6.07 Å². The van der Waals surface area contributed by atoms with E-state index >= 15 is 0 Å². The maximum absolute atomic E-state index is 13.4. The van der Waals surface area contributed by atoms with Crippen LogP contribution < -0.4 is 10.6 Å². The highest BCUT2D eigenvalue weighted by Crippen LogP contribution is 2.26. The Bertz CT molecular complexity index is 516. The molecule has 4 nitrogen and oxygen atoms in total. The Morgan fingerprint density at radius 1 is 1.42 bits per heavy atom. The number of halogens is 1. The van der Waals surface area contributed by atoms with E-state index in [9.17, 15) is 9.18 Å². The molecule has 0 radical (unpaired) electrons. The van der Waals surface area contributed by atoms with Crippen molar-refractivity contribution in [3.8, 4) is 6.07 Å². The number of rotatable bonds is 3. The van der Waals surface area contributed by atoms with Crippen molar-refractivity contribution in [2.24, 2.45) is 11.7 Å². The molecule has 2 rings (SSSR count). The molecule has 0 aromatic heterocycles. The van der Waals surface area contributed by atoms with Crippen LogP contribution in [-0.4, -0.2) is 19.0 Å².